The highest BCUT2D eigenvalue weighted by Crippen LogP contribution is 2.40. The Morgan fingerprint density at radius 1 is 0.615 bits per heavy atom. The molecular weight excluding hydrogens is 896 g/mol. The molecule has 0 amide bonds. The van der Waals surface area contributed by atoms with Crippen LogP contribution in [0.5, 0.6) is 0 Å². The number of halogens is 13. The van der Waals surface area contributed by atoms with Crippen molar-refractivity contribution < 1.29 is 91.8 Å². The van der Waals surface area contributed by atoms with Crippen molar-refractivity contribution in [2.75, 3.05) is 0 Å². The second-order valence-electron chi connectivity index (χ2n) is 12.2. The van der Waals surface area contributed by atoms with E-state index in [1.165, 1.54) is 6.92 Å². The lowest BCUT2D eigenvalue weighted by Crippen LogP contribution is -2.45. The van der Waals surface area contributed by atoms with E-state index in [9.17, 15) is 86.4 Å². The van der Waals surface area contributed by atoms with Crippen LogP contribution in [0.2, 0.25) is 44.4 Å². The molecule has 1 atom stereocenters. The van der Waals surface area contributed by atoms with Crippen LogP contribution in [0, 0.1) is 0 Å². The van der Waals surface area contributed by atoms with Crippen LogP contribution >= 0.6 is 11.1 Å². The monoisotopic (exact) mass is 938 g/mol. The molecule has 2 N–H and O–H groups in total. The molecule has 0 aliphatic carbocycles. The van der Waals surface area contributed by atoms with Crippen molar-refractivity contribution in [3.63, 3.8) is 0 Å². The fourth-order valence-electron chi connectivity index (χ4n) is 3.64. The van der Waals surface area contributed by atoms with Crippen LogP contribution in [-0.2, 0) is 39.3 Å². The molecule has 0 aliphatic heterocycles. The van der Waals surface area contributed by atoms with Crippen molar-refractivity contribution >= 4 is 74.7 Å². The molecule has 1 unspecified atom stereocenters. The van der Waals surface area contributed by atoms with Gasteiger partial charge in [0, 0.05) is 8.80 Å². The molecule has 0 aromatic rings. The molecule has 0 aliphatic rings. The lowest BCUT2D eigenvalue weighted by Gasteiger charge is -2.23. The average Bonchev–Trinajstić information content (AvgIpc) is 2.88. The van der Waals surface area contributed by atoms with Gasteiger partial charge in [0.25, 0.3) is 39.3 Å². The first-order valence-electron chi connectivity index (χ1n) is 14.2. The van der Waals surface area contributed by atoms with Crippen LogP contribution < -0.4 is 0 Å². The first kappa shape index (κ1) is 58.1. The predicted octanol–water partition coefficient (Wildman–Crippen LogP) is 7.49. The Bertz CT molecular complexity index is 1480. The average molecular weight is 940 g/mol. The molecule has 0 saturated carbocycles. The third-order valence-corrected chi connectivity index (χ3v) is 26.8. The highest BCUT2D eigenvalue weighted by Gasteiger charge is 2.63. The fraction of sp³-hybridized carbons (Fsp3) is 0.826. The van der Waals surface area contributed by atoms with E-state index in [1.54, 1.807) is 0 Å². The van der Waals surface area contributed by atoms with Crippen molar-refractivity contribution in [2.24, 2.45) is 0 Å². The van der Waals surface area contributed by atoms with E-state index in [0.29, 0.717) is 0 Å². The summed E-state index contributed by atoms with van der Waals surface area (Å²) in [6.45, 7) is 18.5. The maximum absolute atomic E-state index is 12.6. The van der Waals surface area contributed by atoms with E-state index in [4.69, 9.17) is 11.1 Å². The van der Waals surface area contributed by atoms with Crippen LogP contribution in [0.1, 0.15) is 39.0 Å². The SMILES string of the molecule is C=C[Si](C)(C)C[SiH](C)CCCC(S(=O)(=O)C(F)(F)F)S(=O)(=O)C(F)(F)F.C=C[Si](C)(C)Cl.CCCCC(S(=O)(=O)C(F)(F)F)S(=O)(=O)C(F)(F)F.O. The van der Waals surface area contributed by atoms with Gasteiger partial charge in [-0.2, -0.15) is 63.8 Å². The normalized spacial score (nSPS) is 14.7. The molecule has 29 heteroatoms. The van der Waals surface area contributed by atoms with Gasteiger partial charge < -0.3 is 5.48 Å². The summed E-state index contributed by atoms with van der Waals surface area (Å²) in [4.78, 5) is 0. The Hall–Kier alpha value is -0.659. The van der Waals surface area contributed by atoms with Crippen LogP contribution in [0.15, 0.2) is 24.6 Å². The van der Waals surface area contributed by atoms with E-state index >= 15 is 0 Å². The smallest absolute Gasteiger partial charge is 0.412 e. The number of alkyl halides is 12. The van der Waals surface area contributed by atoms with Crippen LogP contribution in [0.3, 0.4) is 0 Å². The van der Waals surface area contributed by atoms with Crippen LogP contribution in [0.25, 0.3) is 0 Å². The summed E-state index contributed by atoms with van der Waals surface area (Å²) in [5.41, 5.74) is -19.9. The standard InChI is InChI=1S/C12H22F6O4S2Si2.C7H10F6O4S2.C4H9ClSi.H2O/c1-5-26(3,4)9-25(2)8-6-7-10(23(19,20)11(13,14)15)24(21,22)12(16,17)18;1-2-3-4-5(18(14,15)6(8,9)10)19(16,17)7(11,12)13;1-4-6(2,3)5;/h5,10,25H,1,6-9H2,2-4H3;5H,2-4H2,1H3;4H,1H2,2-3H3;1H2. The van der Waals surface area contributed by atoms with Gasteiger partial charge in [0.15, 0.2) is 16.5 Å². The quantitative estimate of drug-likeness (QED) is 0.0925. The predicted molar refractivity (Wildman–Crippen MR) is 184 cm³/mol. The Kier molecular flexibility index (Phi) is 22.9. The van der Waals surface area contributed by atoms with Gasteiger partial charge in [-0.05, 0) is 12.8 Å². The maximum Gasteiger partial charge on any atom is 0.498 e. The second-order valence-corrected chi connectivity index (χ2v) is 36.5. The van der Waals surface area contributed by atoms with Crippen LogP contribution in [0.4, 0.5) is 52.7 Å². The summed E-state index contributed by atoms with van der Waals surface area (Å²) in [5, 5.41) is 0. The lowest BCUT2D eigenvalue weighted by molar-refractivity contribution is -0.0484. The molecule has 0 saturated heterocycles. The van der Waals surface area contributed by atoms with Gasteiger partial charge in [0.1, 0.15) is 0 Å². The second kappa shape index (κ2) is 20.5. The van der Waals surface area contributed by atoms with Gasteiger partial charge in [-0.3, -0.25) is 0 Å². The molecule has 9 nitrogen and oxygen atoms in total. The zero-order valence-electron chi connectivity index (χ0n) is 28.6. The number of hydrogen-bond acceptors (Lipinski definition) is 8. The van der Waals surface area contributed by atoms with Crippen molar-refractivity contribution in [1.29, 1.82) is 0 Å². The first-order valence-corrected chi connectivity index (χ1v) is 30.6. The minimum absolute atomic E-state index is 0. The zero-order valence-corrected chi connectivity index (χ0v) is 35.7. The largest absolute Gasteiger partial charge is 0.498 e. The molecule has 0 aromatic heterocycles. The fourth-order valence-corrected chi connectivity index (χ4v) is 20.3. The van der Waals surface area contributed by atoms with Gasteiger partial charge in [0.05, 0.1) is 8.07 Å². The first-order chi connectivity index (χ1) is 22.0. The minimum atomic E-state index is -6.52. The molecule has 0 bridgehead atoms. The molecule has 0 aromatic carbocycles. The molecular formula is C23H43ClF12O9S4Si3. The van der Waals surface area contributed by atoms with Crippen molar-refractivity contribution in [3.8, 4) is 0 Å². The Labute approximate surface area is 304 Å². The topological polar surface area (TPSA) is 168 Å². The van der Waals surface area contributed by atoms with Crippen molar-refractivity contribution in [2.45, 2.75) is 115 Å². The zero-order chi connectivity index (χ0) is 42.1. The minimum Gasteiger partial charge on any atom is -0.412 e. The summed E-state index contributed by atoms with van der Waals surface area (Å²) in [6, 6.07) is 0.238. The van der Waals surface area contributed by atoms with Crippen molar-refractivity contribution in [1.82, 2.24) is 0 Å². The van der Waals surface area contributed by atoms with Crippen LogP contribution in [-0.4, -0.2) is 94.6 Å². The van der Waals surface area contributed by atoms with Gasteiger partial charge >= 0.3 is 22.0 Å². The third kappa shape index (κ3) is 17.9. The number of hydrogen-bond donors (Lipinski definition) is 0. The van der Waals surface area contributed by atoms with E-state index in [1.807, 2.05) is 44.1 Å². The van der Waals surface area contributed by atoms with E-state index in [2.05, 4.69) is 13.2 Å². The third-order valence-electron chi connectivity index (χ3n) is 6.52. The van der Waals surface area contributed by atoms with Gasteiger partial charge in [0.2, 0.25) is 0 Å². The molecule has 52 heavy (non-hydrogen) atoms. The molecule has 0 rings (SSSR count). The number of unbranched alkanes of at least 4 members (excludes halogenated alkanes) is 1. The van der Waals surface area contributed by atoms with E-state index in [0.717, 1.165) is 5.67 Å². The van der Waals surface area contributed by atoms with Gasteiger partial charge in [-0.25, -0.2) is 33.7 Å². The number of rotatable bonds is 15. The summed E-state index contributed by atoms with van der Waals surface area (Å²) in [6.07, 6.45) is -3.21. The summed E-state index contributed by atoms with van der Waals surface area (Å²) >= 11 is 5.74. The van der Waals surface area contributed by atoms with Crippen molar-refractivity contribution in [3.05, 3.63) is 24.6 Å². The Balaban J connectivity index is -0.000000388. The van der Waals surface area contributed by atoms with E-state index < -0.39 is 114 Å². The highest BCUT2D eigenvalue weighted by atomic mass is 35.6. The molecule has 0 spiro atoms. The van der Waals surface area contributed by atoms with Gasteiger partial charge in [-0.15, -0.1) is 18.9 Å². The summed E-state index contributed by atoms with van der Waals surface area (Å²) in [7, 11) is -30.6. The lowest BCUT2D eigenvalue weighted by atomic mass is 10.3. The Morgan fingerprint density at radius 2 is 0.865 bits per heavy atom. The van der Waals surface area contributed by atoms with E-state index in [-0.39, 0.29) is 24.4 Å². The number of sulfone groups is 4. The van der Waals surface area contributed by atoms with Gasteiger partial charge in [-0.1, -0.05) is 76.3 Å². The molecule has 0 heterocycles. The molecule has 0 radical (unpaired) electrons. The maximum atomic E-state index is 12.6. The summed E-state index contributed by atoms with van der Waals surface area (Å²) in [5.74, 6) is 0. The summed E-state index contributed by atoms with van der Waals surface area (Å²) < 4.78 is 231. The molecule has 316 valence electrons. The molecule has 0 fully saturated rings. The highest BCUT2D eigenvalue weighted by molar-refractivity contribution is 8.10. The Morgan fingerprint density at radius 3 is 1.06 bits per heavy atom.